The molecule has 6 nitrogen and oxygen atoms in total. The summed E-state index contributed by atoms with van der Waals surface area (Å²) >= 11 is 0. The monoisotopic (exact) mass is 436 g/mol. The molecule has 32 heavy (non-hydrogen) atoms. The Kier molecular flexibility index (Phi) is 7.32. The molecule has 1 aromatic heterocycles. The van der Waals surface area contributed by atoms with Crippen molar-refractivity contribution >= 4 is 16.9 Å². The van der Waals surface area contributed by atoms with Gasteiger partial charge in [0, 0.05) is 36.5 Å². The van der Waals surface area contributed by atoms with Gasteiger partial charge in [0.05, 0.1) is 20.8 Å². The summed E-state index contributed by atoms with van der Waals surface area (Å²) in [6.45, 7) is 3.37. The van der Waals surface area contributed by atoms with Crippen LogP contribution in [0.15, 0.2) is 52.9 Å². The number of methoxy groups -OCH3 is 2. The number of benzene rings is 2. The summed E-state index contributed by atoms with van der Waals surface area (Å²) in [5.74, 6) is 3.09. The summed E-state index contributed by atoms with van der Waals surface area (Å²) in [7, 11) is 3.25. The lowest BCUT2D eigenvalue weighted by atomic mass is 9.93. The van der Waals surface area contributed by atoms with Crippen LogP contribution in [0.2, 0.25) is 0 Å². The number of furan rings is 1. The molecular formula is C26H32N2O4. The molecule has 0 unspecified atom stereocenters. The van der Waals surface area contributed by atoms with Crippen molar-refractivity contribution in [3.05, 3.63) is 59.9 Å². The lowest BCUT2D eigenvalue weighted by Gasteiger charge is -2.32. The Bertz CT molecular complexity index is 1010. The fourth-order valence-corrected chi connectivity index (χ4v) is 4.48. The molecule has 2 heterocycles. The zero-order chi connectivity index (χ0) is 22.3. The van der Waals surface area contributed by atoms with Crippen LogP contribution in [0.3, 0.4) is 0 Å². The molecule has 6 heteroatoms. The van der Waals surface area contributed by atoms with Gasteiger partial charge in [-0.15, -0.1) is 0 Å². The van der Waals surface area contributed by atoms with Gasteiger partial charge >= 0.3 is 0 Å². The summed E-state index contributed by atoms with van der Waals surface area (Å²) in [6, 6.07) is 15.9. The van der Waals surface area contributed by atoms with Gasteiger partial charge in [-0.3, -0.25) is 9.69 Å². The molecule has 1 aliphatic heterocycles. The number of ether oxygens (including phenoxy) is 2. The number of carbonyl (C=O) groups is 1. The van der Waals surface area contributed by atoms with Crippen LogP contribution < -0.4 is 14.8 Å². The summed E-state index contributed by atoms with van der Waals surface area (Å²) in [5, 5.41) is 4.18. The number of hydrogen-bond acceptors (Lipinski definition) is 5. The van der Waals surface area contributed by atoms with E-state index in [0.29, 0.717) is 18.9 Å². The third-order valence-corrected chi connectivity index (χ3v) is 6.21. The van der Waals surface area contributed by atoms with Gasteiger partial charge in [0.2, 0.25) is 5.91 Å². The number of rotatable bonds is 9. The lowest BCUT2D eigenvalue weighted by molar-refractivity contribution is -0.121. The number of nitrogens with one attached hydrogen (secondary N) is 1. The Labute approximate surface area is 189 Å². The molecule has 0 spiro atoms. The van der Waals surface area contributed by atoms with E-state index < -0.39 is 0 Å². The van der Waals surface area contributed by atoms with E-state index in [4.69, 9.17) is 13.9 Å². The first-order chi connectivity index (χ1) is 15.6. The molecule has 1 saturated heterocycles. The topological polar surface area (TPSA) is 63.9 Å². The highest BCUT2D eigenvalue weighted by Gasteiger charge is 2.21. The maximum absolute atomic E-state index is 12.4. The van der Waals surface area contributed by atoms with Crippen molar-refractivity contribution in [1.82, 2.24) is 10.2 Å². The Balaban J connectivity index is 1.23. The number of carbonyl (C=O) groups excluding carboxylic acids is 1. The minimum absolute atomic E-state index is 0.0808. The molecule has 2 aromatic carbocycles. The van der Waals surface area contributed by atoms with Crippen LogP contribution in [-0.2, 0) is 17.9 Å². The van der Waals surface area contributed by atoms with Crippen LogP contribution in [0.25, 0.3) is 11.0 Å². The van der Waals surface area contributed by atoms with Gasteiger partial charge in [-0.2, -0.15) is 0 Å². The fourth-order valence-electron chi connectivity index (χ4n) is 4.48. The molecule has 1 N–H and O–H groups in total. The average molecular weight is 437 g/mol. The van der Waals surface area contributed by atoms with Gasteiger partial charge in [-0.1, -0.05) is 18.2 Å². The van der Waals surface area contributed by atoms with Crippen molar-refractivity contribution in [2.24, 2.45) is 5.92 Å². The molecule has 0 saturated carbocycles. The molecule has 0 radical (unpaired) electrons. The predicted octanol–water partition coefficient (Wildman–Crippen LogP) is 4.76. The van der Waals surface area contributed by atoms with E-state index in [1.807, 2.05) is 36.4 Å². The van der Waals surface area contributed by atoms with Crippen molar-refractivity contribution in [2.45, 2.75) is 38.8 Å². The molecular weight excluding hydrogens is 404 g/mol. The second kappa shape index (κ2) is 10.6. The van der Waals surface area contributed by atoms with Gasteiger partial charge in [0.1, 0.15) is 22.8 Å². The van der Waals surface area contributed by atoms with Crippen LogP contribution >= 0.6 is 0 Å². The van der Waals surface area contributed by atoms with E-state index in [1.54, 1.807) is 14.2 Å². The number of hydrogen-bond donors (Lipinski definition) is 1. The van der Waals surface area contributed by atoms with Crippen molar-refractivity contribution in [3.63, 3.8) is 0 Å². The van der Waals surface area contributed by atoms with Gasteiger partial charge in [0.15, 0.2) is 0 Å². The highest BCUT2D eigenvalue weighted by Crippen LogP contribution is 2.26. The summed E-state index contributed by atoms with van der Waals surface area (Å²) in [6.07, 6.45) is 3.79. The highest BCUT2D eigenvalue weighted by atomic mass is 16.5. The Hall–Kier alpha value is -2.99. The largest absolute Gasteiger partial charge is 0.497 e. The predicted molar refractivity (Wildman–Crippen MR) is 125 cm³/mol. The average Bonchev–Trinajstić information content (AvgIpc) is 3.23. The Morgan fingerprint density at radius 1 is 1.16 bits per heavy atom. The van der Waals surface area contributed by atoms with E-state index >= 15 is 0 Å². The van der Waals surface area contributed by atoms with Crippen molar-refractivity contribution in [2.75, 3.05) is 27.3 Å². The van der Waals surface area contributed by atoms with E-state index in [9.17, 15) is 4.79 Å². The Morgan fingerprint density at radius 3 is 2.84 bits per heavy atom. The summed E-state index contributed by atoms with van der Waals surface area (Å²) < 4.78 is 16.6. The molecule has 1 amide bonds. The Morgan fingerprint density at radius 2 is 2.03 bits per heavy atom. The quantitative estimate of drug-likeness (QED) is 0.524. The van der Waals surface area contributed by atoms with Crippen LogP contribution in [0, 0.1) is 5.92 Å². The van der Waals surface area contributed by atoms with Gasteiger partial charge in [-0.05, 0) is 56.0 Å². The maximum Gasteiger partial charge on any atom is 0.220 e. The number of likely N-dealkylation sites (tertiary alicyclic amines) is 1. The second-order valence-electron chi connectivity index (χ2n) is 8.49. The van der Waals surface area contributed by atoms with Gasteiger partial charge < -0.3 is 19.2 Å². The van der Waals surface area contributed by atoms with Crippen molar-refractivity contribution in [1.29, 1.82) is 0 Å². The number of amides is 1. The SMILES string of the molecule is COc1ccc(CNC(=O)CC[C@@H]2CCCN(Cc3cc4ccccc4o3)C2)c(OC)c1. The first kappa shape index (κ1) is 22.2. The number of piperidine rings is 1. The number of fused-ring (bicyclic) bond motifs is 1. The minimum atomic E-state index is 0.0808. The van der Waals surface area contributed by atoms with Crippen LogP contribution in [0.1, 0.15) is 37.0 Å². The third-order valence-electron chi connectivity index (χ3n) is 6.21. The fraction of sp³-hybridized carbons (Fsp3) is 0.423. The van der Waals surface area contributed by atoms with E-state index in [-0.39, 0.29) is 5.91 Å². The zero-order valence-corrected chi connectivity index (χ0v) is 18.9. The van der Waals surface area contributed by atoms with Crippen molar-refractivity contribution in [3.8, 4) is 11.5 Å². The zero-order valence-electron chi connectivity index (χ0n) is 18.9. The van der Waals surface area contributed by atoms with Gasteiger partial charge in [0.25, 0.3) is 0 Å². The molecule has 170 valence electrons. The van der Waals surface area contributed by atoms with Crippen molar-refractivity contribution < 1.29 is 18.7 Å². The molecule has 1 atom stereocenters. The van der Waals surface area contributed by atoms with E-state index in [2.05, 4.69) is 22.3 Å². The molecule has 3 aromatic rings. The third kappa shape index (κ3) is 5.62. The van der Waals surface area contributed by atoms with Crippen LogP contribution in [0.4, 0.5) is 0 Å². The smallest absolute Gasteiger partial charge is 0.220 e. The molecule has 1 fully saturated rings. The number of para-hydroxylation sites is 1. The number of nitrogens with zero attached hydrogens (tertiary/aromatic N) is 1. The van der Waals surface area contributed by atoms with E-state index in [1.165, 1.54) is 6.42 Å². The highest BCUT2D eigenvalue weighted by molar-refractivity contribution is 5.77. The molecule has 1 aliphatic rings. The standard InChI is InChI=1S/C26H32N2O4/c1-30-22-11-10-21(25(15-22)31-2)16-27-26(29)12-9-19-6-5-13-28(17-19)18-23-14-20-7-3-4-8-24(20)32-23/h3-4,7-8,10-11,14-15,19H,5-6,9,12-13,16-18H2,1-2H3,(H,27,29)/t19-/m0/s1. The molecule has 0 bridgehead atoms. The van der Waals surface area contributed by atoms with Crippen LogP contribution in [-0.4, -0.2) is 38.1 Å². The molecule has 4 rings (SSSR count). The summed E-state index contributed by atoms with van der Waals surface area (Å²) in [5.41, 5.74) is 1.89. The second-order valence-corrected chi connectivity index (χ2v) is 8.49. The first-order valence-electron chi connectivity index (χ1n) is 11.3. The summed E-state index contributed by atoms with van der Waals surface area (Å²) in [4.78, 5) is 14.9. The normalized spacial score (nSPS) is 16.8. The first-order valence-corrected chi connectivity index (χ1v) is 11.3. The minimum Gasteiger partial charge on any atom is -0.497 e. The molecule has 0 aliphatic carbocycles. The van der Waals surface area contributed by atoms with E-state index in [0.717, 1.165) is 66.3 Å². The lowest BCUT2D eigenvalue weighted by Crippen LogP contribution is -2.35. The van der Waals surface area contributed by atoms with Crippen LogP contribution in [0.5, 0.6) is 11.5 Å². The maximum atomic E-state index is 12.4. The van der Waals surface area contributed by atoms with Gasteiger partial charge in [-0.25, -0.2) is 0 Å².